The Hall–Kier alpha value is -0.800. The first kappa shape index (κ1) is 11.7. The fourth-order valence-electron chi connectivity index (χ4n) is 2.77. The monoisotopic (exact) mass is 224 g/mol. The predicted molar refractivity (Wildman–Crippen MR) is 61.0 cm³/mol. The van der Waals surface area contributed by atoms with Gasteiger partial charge in [0, 0.05) is 11.5 Å². The Bertz CT molecular complexity index is 351. The molecule has 0 bridgehead atoms. The fourth-order valence-corrected chi connectivity index (χ4v) is 2.77. The molecule has 1 N–H and O–H groups in total. The predicted octanol–water partition coefficient (Wildman–Crippen LogP) is 2.91. The lowest BCUT2D eigenvalue weighted by atomic mass is 9.81. The minimum atomic E-state index is -0.518. The zero-order valence-electron chi connectivity index (χ0n) is 10.4. The summed E-state index contributed by atoms with van der Waals surface area (Å²) in [6.45, 7) is 8.21. The van der Waals surface area contributed by atoms with E-state index in [2.05, 4.69) is 13.8 Å². The first-order valence-electron chi connectivity index (χ1n) is 5.72. The molecule has 3 heteroatoms. The number of rotatable bonds is 2. The molecule has 0 amide bonds. The van der Waals surface area contributed by atoms with Crippen LogP contribution in [0.1, 0.15) is 45.8 Å². The molecule has 0 aliphatic carbocycles. The smallest absolute Gasteiger partial charge is 0.0960 e. The third-order valence-electron chi connectivity index (χ3n) is 3.41. The molecule has 2 rings (SSSR count). The molecular weight excluding hydrogens is 204 g/mol. The van der Waals surface area contributed by atoms with E-state index in [1.807, 2.05) is 19.9 Å². The Morgan fingerprint density at radius 1 is 1.38 bits per heavy atom. The number of hydrogen-bond acceptors (Lipinski definition) is 3. The first-order chi connectivity index (χ1) is 7.32. The lowest BCUT2D eigenvalue weighted by molar-refractivity contribution is -0.0880. The molecule has 1 fully saturated rings. The topological polar surface area (TPSA) is 42.6 Å². The molecular formula is C13H20O3. The highest BCUT2D eigenvalue weighted by Gasteiger charge is 2.49. The highest BCUT2D eigenvalue weighted by molar-refractivity contribution is 5.13. The minimum absolute atomic E-state index is 0.0973. The van der Waals surface area contributed by atoms with Crippen LogP contribution in [-0.4, -0.2) is 16.3 Å². The maximum atomic E-state index is 10.3. The second-order valence-electron chi connectivity index (χ2n) is 5.78. The van der Waals surface area contributed by atoms with Crippen LogP contribution in [0.25, 0.3) is 0 Å². The molecule has 1 aliphatic heterocycles. The van der Waals surface area contributed by atoms with Crippen LogP contribution in [0.2, 0.25) is 0 Å². The maximum Gasteiger partial charge on any atom is 0.0960 e. The number of aliphatic hydroxyl groups excluding tert-OH is 1. The van der Waals surface area contributed by atoms with Gasteiger partial charge in [-0.2, -0.15) is 0 Å². The number of ether oxygens (including phenoxy) is 1. The van der Waals surface area contributed by atoms with Gasteiger partial charge < -0.3 is 14.3 Å². The van der Waals surface area contributed by atoms with Gasteiger partial charge >= 0.3 is 0 Å². The van der Waals surface area contributed by atoms with Crippen LogP contribution in [-0.2, 0) is 4.74 Å². The largest absolute Gasteiger partial charge is 0.472 e. The summed E-state index contributed by atoms with van der Waals surface area (Å²) < 4.78 is 11.0. The van der Waals surface area contributed by atoms with E-state index in [1.165, 1.54) is 0 Å². The summed E-state index contributed by atoms with van der Waals surface area (Å²) in [6.07, 6.45) is 3.53. The van der Waals surface area contributed by atoms with Crippen LogP contribution in [0.4, 0.5) is 0 Å². The van der Waals surface area contributed by atoms with Gasteiger partial charge in [0.25, 0.3) is 0 Å². The molecule has 90 valence electrons. The number of furan rings is 1. The van der Waals surface area contributed by atoms with Crippen molar-refractivity contribution in [2.75, 3.05) is 0 Å². The molecule has 1 aromatic rings. The Labute approximate surface area is 96.4 Å². The normalized spacial score (nSPS) is 29.2. The Morgan fingerprint density at radius 3 is 2.50 bits per heavy atom. The van der Waals surface area contributed by atoms with Crippen molar-refractivity contribution in [2.24, 2.45) is 5.92 Å². The van der Waals surface area contributed by atoms with Gasteiger partial charge in [-0.25, -0.2) is 0 Å². The number of hydrogen-bond donors (Lipinski definition) is 1. The van der Waals surface area contributed by atoms with Crippen LogP contribution < -0.4 is 0 Å². The van der Waals surface area contributed by atoms with Crippen LogP contribution in [0.3, 0.4) is 0 Å². The highest BCUT2D eigenvalue weighted by atomic mass is 16.5. The standard InChI is InChI=1S/C13H20O3/c1-12(2)7-10(13(3,4)16-12)11(14)9-5-6-15-8-9/h5-6,8,10-11,14H,7H2,1-4H3. The molecule has 0 aromatic carbocycles. The Kier molecular flexibility index (Phi) is 2.63. The van der Waals surface area contributed by atoms with Gasteiger partial charge in [-0.3, -0.25) is 0 Å². The molecule has 2 atom stereocenters. The van der Waals surface area contributed by atoms with Crippen molar-refractivity contribution in [2.45, 2.75) is 51.4 Å². The fraction of sp³-hybridized carbons (Fsp3) is 0.692. The van der Waals surface area contributed by atoms with E-state index in [0.717, 1.165) is 12.0 Å². The highest BCUT2D eigenvalue weighted by Crippen LogP contribution is 2.47. The van der Waals surface area contributed by atoms with Crippen LogP contribution in [0.15, 0.2) is 23.0 Å². The van der Waals surface area contributed by atoms with Gasteiger partial charge in [0.15, 0.2) is 0 Å². The average molecular weight is 224 g/mol. The maximum absolute atomic E-state index is 10.3. The molecule has 1 aromatic heterocycles. The van der Waals surface area contributed by atoms with Crippen molar-refractivity contribution in [1.82, 2.24) is 0 Å². The quantitative estimate of drug-likeness (QED) is 0.840. The summed E-state index contributed by atoms with van der Waals surface area (Å²) in [5.41, 5.74) is 0.360. The lowest BCUT2D eigenvalue weighted by Crippen LogP contribution is -2.32. The van der Waals surface area contributed by atoms with Crippen molar-refractivity contribution >= 4 is 0 Å². The van der Waals surface area contributed by atoms with Crippen LogP contribution >= 0.6 is 0 Å². The van der Waals surface area contributed by atoms with Gasteiger partial charge in [-0.1, -0.05) is 0 Å². The van der Waals surface area contributed by atoms with Crippen molar-refractivity contribution in [3.63, 3.8) is 0 Å². The van der Waals surface area contributed by atoms with Gasteiger partial charge in [0.2, 0.25) is 0 Å². The van der Waals surface area contributed by atoms with E-state index in [1.54, 1.807) is 12.5 Å². The van der Waals surface area contributed by atoms with Gasteiger partial charge in [-0.05, 0) is 40.2 Å². The van der Waals surface area contributed by atoms with Crippen molar-refractivity contribution in [3.8, 4) is 0 Å². The third-order valence-corrected chi connectivity index (χ3v) is 3.41. The summed E-state index contributed by atoms with van der Waals surface area (Å²) in [7, 11) is 0. The SMILES string of the molecule is CC1(C)CC(C(O)c2ccoc2)C(C)(C)O1. The summed E-state index contributed by atoms with van der Waals surface area (Å²) >= 11 is 0. The zero-order valence-corrected chi connectivity index (χ0v) is 10.4. The van der Waals surface area contributed by atoms with Crippen molar-refractivity contribution in [3.05, 3.63) is 24.2 Å². The molecule has 16 heavy (non-hydrogen) atoms. The van der Waals surface area contributed by atoms with E-state index >= 15 is 0 Å². The van der Waals surface area contributed by atoms with E-state index in [0.29, 0.717) is 0 Å². The van der Waals surface area contributed by atoms with Gasteiger partial charge in [0.1, 0.15) is 0 Å². The number of aliphatic hydroxyl groups is 1. The van der Waals surface area contributed by atoms with E-state index in [4.69, 9.17) is 9.15 Å². The zero-order chi connectivity index (χ0) is 12.0. The second kappa shape index (κ2) is 3.60. The molecule has 2 heterocycles. The third kappa shape index (κ3) is 2.02. The van der Waals surface area contributed by atoms with Crippen LogP contribution in [0, 0.1) is 5.92 Å². The van der Waals surface area contributed by atoms with Gasteiger partial charge in [-0.15, -0.1) is 0 Å². The summed E-state index contributed by atoms with van der Waals surface area (Å²) in [4.78, 5) is 0. The summed E-state index contributed by atoms with van der Waals surface area (Å²) in [6, 6.07) is 1.81. The molecule has 1 aliphatic rings. The molecule has 0 radical (unpaired) electrons. The Morgan fingerprint density at radius 2 is 2.06 bits per heavy atom. The van der Waals surface area contributed by atoms with E-state index in [-0.39, 0.29) is 17.1 Å². The Balaban J connectivity index is 2.22. The summed E-state index contributed by atoms with van der Waals surface area (Å²) in [5, 5.41) is 10.3. The second-order valence-corrected chi connectivity index (χ2v) is 5.78. The molecule has 2 unspecified atom stereocenters. The van der Waals surface area contributed by atoms with E-state index in [9.17, 15) is 5.11 Å². The average Bonchev–Trinajstić information content (AvgIpc) is 2.69. The van der Waals surface area contributed by atoms with Crippen molar-refractivity contribution < 1.29 is 14.3 Å². The van der Waals surface area contributed by atoms with Crippen molar-refractivity contribution in [1.29, 1.82) is 0 Å². The first-order valence-corrected chi connectivity index (χ1v) is 5.72. The molecule has 1 saturated heterocycles. The van der Waals surface area contributed by atoms with E-state index < -0.39 is 6.10 Å². The lowest BCUT2D eigenvalue weighted by Gasteiger charge is -2.29. The summed E-state index contributed by atoms with van der Waals surface area (Å²) in [5.74, 6) is 0.0973. The minimum Gasteiger partial charge on any atom is -0.472 e. The molecule has 0 saturated carbocycles. The molecule has 3 nitrogen and oxygen atoms in total. The molecule has 0 spiro atoms. The van der Waals surface area contributed by atoms with Gasteiger partial charge in [0.05, 0.1) is 29.8 Å². The van der Waals surface area contributed by atoms with Crippen LogP contribution in [0.5, 0.6) is 0 Å².